The van der Waals surface area contributed by atoms with E-state index >= 15 is 0 Å². The molecule has 0 bridgehead atoms. The molecule has 78 valence electrons. The molecule has 1 rings (SSSR count). The van der Waals surface area contributed by atoms with E-state index in [1.807, 2.05) is 11.3 Å². The molecule has 0 saturated carbocycles. The summed E-state index contributed by atoms with van der Waals surface area (Å²) in [4.78, 5) is 2.71. The first-order chi connectivity index (χ1) is 6.63. The van der Waals surface area contributed by atoms with Crippen LogP contribution < -0.4 is 5.32 Å². The normalized spacial score (nSPS) is 12.1. The Bertz CT molecular complexity index is 311. The number of hydrogen-bond acceptors (Lipinski definition) is 2. The quantitative estimate of drug-likeness (QED) is 0.857. The average Bonchev–Trinajstić information content (AvgIpc) is 2.46. The molecular formula is C10H13Cl2NS. The highest BCUT2D eigenvalue weighted by Crippen LogP contribution is 2.20. The zero-order chi connectivity index (χ0) is 10.6. The van der Waals surface area contributed by atoms with Gasteiger partial charge in [0, 0.05) is 33.4 Å². The fraction of sp³-hybridized carbons (Fsp3) is 0.400. The molecule has 0 aliphatic carbocycles. The highest BCUT2D eigenvalue weighted by Gasteiger charge is 2.00. The largest absolute Gasteiger partial charge is 0.307 e. The monoisotopic (exact) mass is 249 g/mol. The van der Waals surface area contributed by atoms with Crippen molar-refractivity contribution in [1.82, 2.24) is 5.32 Å². The summed E-state index contributed by atoms with van der Waals surface area (Å²) >= 11 is 13.0. The third-order valence-electron chi connectivity index (χ3n) is 1.93. The summed E-state index contributed by atoms with van der Waals surface area (Å²) in [5.74, 6) is 0. The number of halogens is 2. The standard InChI is InChI=1S/C10H13Cl2NS/c1-7-3-10(14-8(7)2)6-13-5-9(12)4-11/h3-4,13H,5-6H2,1-2H3. The fourth-order valence-electron chi connectivity index (χ4n) is 1.08. The Morgan fingerprint density at radius 1 is 1.57 bits per heavy atom. The maximum Gasteiger partial charge on any atom is 0.0432 e. The van der Waals surface area contributed by atoms with Gasteiger partial charge in [0.15, 0.2) is 0 Å². The predicted octanol–water partition coefficient (Wildman–Crippen LogP) is 3.77. The third kappa shape index (κ3) is 3.62. The summed E-state index contributed by atoms with van der Waals surface area (Å²) in [7, 11) is 0. The van der Waals surface area contributed by atoms with Crippen molar-refractivity contribution >= 4 is 34.5 Å². The molecule has 1 N–H and O–H groups in total. The Labute approximate surface area is 98.7 Å². The Morgan fingerprint density at radius 3 is 2.79 bits per heavy atom. The second kappa shape index (κ2) is 5.76. The molecule has 0 amide bonds. The van der Waals surface area contributed by atoms with Crippen LogP contribution in [-0.2, 0) is 6.54 Å². The molecule has 1 heterocycles. The van der Waals surface area contributed by atoms with Gasteiger partial charge in [0.1, 0.15) is 0 Å². The lowest BCUT2D eigenvalue weighted by atomic mass is 10.3. The second-order valence-electron chi connectivity index (χ2n) is 3.11. The van der Waals surface area contributed by atoms with E-state index in [0.29, 0.717) is 11.6 Å². The minimum Gasteiger partial charge on any atom is -0.307 e. The average molecular weight is 250 g/mol. The van der Waals surface area contributed by atoms with Crippen LogP contribution in [0.3, 0.4) is 0 Å². The minimum absolute atomic E-state index is 0.626. The third-order valence-corrected chi connectivity index (χ3v) is 3.70. The van der Waals surface area contributed by atoms with Gasteiger partial charge >= 0.3 is 0 Å². The van der Waals surface area contributed by atoms with Crippen LogP contribution in [0.1, 0.15) is 15.3 Å². The Hall–Kier alpha value is -0.0200. The second-order valence-corrected chi connectivity index (χ2v) is 5.16. The summed E-state index contributed by atoms with van der Waals surface area (Å²) in [6.07, 6.45) is 0. The maximum absolute atomic E-state index is 5.74. The van der Waals surface area contributed by atoms with E-state index in [1.165, 1.54) is 20.9 Å². The molecule has 0 fully saturated rings. The molecule has 0 aromatic carbocycles. The topological polar surface area (TPSA) is 12.0 Å². The lowest BCUT2D eigenvalue weighted by molar-refractivity contribution is 0.764. The van der Waals surface area contributed by atoms with Gasteiger partial charge < -0.3 is 5.32 Å². The summed E-state index contributed by atoms with van der Waals surface area (Å²) in [5.41, 5.74) is 2.74. The zero-order valence-electron chi connectivity index (χ0n) is 8.23. The SMILES string of the molecule is Cc1cc(CNCC(Cl)=CCl)sc1C. The van der Waals surface area contributed by atoms with Crippen LogP contribution in [-0.4, -0.2) is 6.54 Å². The molecule has 14 heavy (non-hydrogen) atoms. The lowest BCUT2D eigenvalue weighted by Crippen LogP contribution is -2.13. The van der Waals surface area contributed by atoms with Gasteiger partial charge in [0.05, 0.1) is 0 Å². The minimum atomic E-state index is 0.626. The van der Waals surface area contributed by atoms with Gasteiger partial charge in [-0.05, 0) is 25.5 Å². The molecule has 0 saturated heterocycles. The number of aryl methyl sites for hydroxylation is 2. The van der Waals surface area contributed by atoms with E-state index in [1.54, 1.807) is 0 Å². The van der Waals surface area contributed by atoms with Crippen molar-refractivity contribution < 1.29 is 0 Å². The van der Waals surface area contributed by atoms with E-state index in [9.17, 15) is 0 Å². The van der Waals surface area contributed by atoms with Gasteiger partial charge in [0.2, 0.25) is 0 Å². The molecule has 0 aliphatic rings. The lowest BCUT2D eigenvalue weighted by Gasteiger charge is -2.00. The molecular weight excluding hydrogens is 237 g/mol. The summed E-state index contributed by atoms with van der Waals surface area (Å²) < 4.78 is 0. The molecule has 1 nitrogen and oxygen atoms in total. The van der Waals surface area contributed by atoms with Crippen molar-refractivity contribution in [3.05, 3.63) is 32.0 Å². The van der Waals surface area contributed by atoms with Crippen molar-refractivity contribution in [1.29, 1.82) is 0 Å². The molecule has 4 heteroatoms. The van der Waals surface area contributed by atoms with Crippen molar-refractivity contribution in [3.63, 3.8) is 0 Å². The van der Waals surface area contributed by atoms with Crippen molar-refractivity contribution in [3.8, 4) is 0 Å². The zero-order valence-corrected chi connectivity index (χ0v) is 10.6. The van der Waals surface area contributed by atoms with Gasteiger partial charge in [0.25, 0.3) is 0 Å². The van der Waals surface area contributed by atoms with Crippen molar-refractivity contribution in [2.45, 2.75) is 20.4 Å². The van der Waals surface area contributed by atoms with Crippen LogP contribution in [0, 0.1) is 13.8 Å². The first-order valence-corrected chi connectivity index (χ1v) is 5.98. The predicted molar refractivity (Wildman–Crippen MR) is 65.3 cm³/mol. The van der Waals surface area contributed by atoms with Gasteiger partial charge in [-0.3, -0.25) is 0 Å². The van der Waals surface area contributed by atoms with Crippen molar-refractivity contribution in [2.75, 3.05) is 6.54 Å². The Kier molecular flexibility index (Phi) is 4.96. The van der Waals surface area contributed by atoms with Crippen LogP contribution in [0.15, 0.2) is 16.6 Å². The van der Waals surface area contributed by atoms with Crippen molar-refractivity contribution in [2.24, 2.45) is 0 Å². The van der Waals surface area contributed by atoms with Gasteiger partial charge in [-0.2, -0.15) is 0 Å². The van der Waals surface area contributed by atoms with Gasteiger partial charge in [-0.1, -0.05) is 23.2 Å². The van der Waals surface area contributed by atoms with Crippen LogP contribution in [0.25, 0.3) is 0 Å². The maximum atomic E-state index is 5.74. The molecule has 0 unspecified atom stereocenters. The number of thiophene rings is 1. The fourth-order valence-corrected chi connectivity index (χ4v) is 2.28. The van der Waals surface area contributed by atoms with E-state index in [-0.39, 0.29) is 0 Å². The summed E-state index contributed by atoms with van der Waals surface area (Å²) in [5, 5.41) is 3.85. The summed E-state index contributed by atoms with van der Waals surface area (Å²) in [6.45, 7) is 5.73. The van der Waals surface area contributed by atoms with E-state index in [4.69, 9.17) is 23.2 Å². The molecule has 0 spiro atoms. The highest BCUT2D eigenvalue weighted by molar-refractivity contribution is 7.12. The number of rotatable bonds is 4. The smallest absolute Gasteiger partial charge is 0.0432 e. The Morgan fingerprint density at radius 2 is 2.29 bits per heavy atom. The molecule has 0 aliphatic heterocycles. The Balaban J connectivity index is 2.39. The first kappa shape index (κ1) is 12.1. The van der Waals surface area contributed by atoms with Gasteiger partial charge in [-0.25, -0.2) is 0 Å². The molecule has 1 aromatic heterocycles. The molecule has 0 atom stereocenters. The van der Waals surface area contributed by atoms with Crippen LogP contribution in [0.2, 0.25) is 0 Å². The van der Waals surface area contributed by atoms with Crippen LogP contribution >= 0.6 is 34.5 Å². The van der Waals surface area contributed by atoms with E-state index in [2.05, 4.69) is 25.2 Å². The van der Waals surface area contributed by atoms with E-state index < -0.39 is 0 Å². The van der Waals surface area contributed by atoms with E-state index in [0.717, 1.165) is 6.54 Å². The number of hydrogen-bond donors (Lipinski definition) is 1. The summed E-state index contributed by atoms with van der Waals surface area (Å²) in [6, 6.07) is 2.20. The highest BCUT2D eigenvalue weighted by atomic mass is 35.5. The number of nitrogens with one attached hydrogen (secondary N) is 1. The van der Waals surface area contributed by atoms with Crippen LogP contribution in [0.4, 0.5) is 0 Å². The van der Waals surface area contributed by atoms with Gasteiger partial charge in [-0.15, -0.1) is 11.3 Å². The van der Waals surface area contributed by atoms with Crippen LogP contribution in [0.5, 0.6) is 0 Å². The first-order valence-electron chi connectivity index (χ1n) is 4.35. The molecule has 0 radical (unpaired) electrons. The molecule has 1 aromatic rings.